The zero-order valence-corrected chi connectivity index (χ0v) is 19.1. The number of hydrogen-bond donors (Lipinski definition) is 2. The van der Waals surface area contributed by atoms with Gasteiger partial charge in [0.05, 0.1) is 17.8 Å². The van der Waals surface area contributed by atoms with E-state index in [2.05, 4.69) is 15.7 Å². The Hall–Kier alpha value is -2.83. The van der Waals surface area contributed by atoms with E-state index in [0.29, 0.717) is 28.7 Å². The molecule has 0 radical (unpaired) electrons. The van der Waals surface area contributed by atoms with Crippen molar-refractivity contribution in [1.82, 2.24) is 20.4 Å². The van der Waals surface area contributed by atoms with Crippen molar-refractivity contribution in [2.45, 2.75) is 27.2 Å². The second-order valence-corrected chi connectivity index (χ2v) is 8.13. The normalized spacial score (nSPS) is 10.7. The van der Waals surface area contributed by atoms with Crippen LogP contribution in [0.4, 0.5) is 0 Å². The molecule has 0 unspecified atom stereocenters. The Morgan fingerprint density at radius 3 is 2.32 bits per heavy atom. The van der Waals surface area contributed by atoms with Crippen molar-refractivity contribution >= 4 is 35.0 Å². The first kappa shape index (κ1) is 22.8. The number of nitrogens with zero attached hydrogens (tertiary/aromatic N) is 2. The van der Waals surface area contributed by atoms with Gasteiger partial charge in [-0.2, -0.15) is 5.10 Å². The Labute approximate surface area is 191 Å². The second-order valence-electron chi connectivity index (χ2n) is 7.28. The van der Waals surface area contributed by atoms with Crippen molar-refractivity contribution in [3.8, 4) is 5.69 Å². The lowest BCUT2D eigenvalue weighted by Gasteiger charge is -2.09. The van der Waals surface area contributed by atoms with Gasteiger partial charge in [-0.1, -0.05) is 29.3 Å². The van der Waals surface area contributed by atoms with E-state index in [0.717, 1.165) is 28.2 Å². The molecular formula is C23H24Cl2N4O2. The van der Waals surface area contributed by atoms with E-state index in [4.69, 9.17) is 23.2 Å². The summed E-state index contributed by atoms with van der Waals surface area (Å²) in [4.78, 5) is 24.5. The van der Waals surface area contributed by atoms with Crippen LogP contribution < -0.4 is 10.6 Å². The van der Waals surface area contributed by atoms with Gasteiger partial charge < -0.3 is 10.6 Å². The molecule has 162 valence electrons. The third-order valence-electron chi connectivity index (χ3n) is 5.02. The van der Waals surface area contributed by atoms with Crippen LogP contribution in [0, 0.1) is 20.8 Å². The Balaban J connectivity index is 1.54. The Morgan fingerprint density at radius 2 is 1.65 bits per heavy atom. The van der Waals surface area contributed by atoms with Crippen LogP contribution in [-0.4, -0.2) is 34.7 Å². The molecule has 0 saturated carbocycles. The molecule has 0 atom stereocenters. The molecule has 0 saturated heterocycles. The van der Waals surface area contributed by atoms with Gasteiger partial charge in [0.2, 0.25) is 5.91 Å². The number of benzene rings is 2. The molecule has 0 aliphatic rings. The number of nitrogens with one attached hydrogen (secondary N) is 2. The summed E-state index contributed by atoms with van der Waals surface area (Å²) in [6, 6.07) is 12.4. The van der Waals surface area contributed by atoms with Crippen LogP contribution in [0.1, 0.15) is 32.9 Å². The van der Waals surface area contributed by atoms with E-state index in [1.54, 1.807) is 28.9 Å². The third kappa shape index (κ3) is 5.66. The van der Waals surface area contributed by atoms with E-state index >= 15 is 0 Å². The van der Waals surface area contributed by atoms with Crippen molar-refractivity contribution < 1.29 is 9.59 Å². The van der Waals surface area contributed by atoms with Crippen LogP contribution in [0.3, 0.4) is 0 Å². The van der Waals surface area contributed by atoms with Crippen LogP contribution in [0.15, 0.2) is 42.5 Å². The first-order chi connectivity index (χ1) is 14.8. The van der Waals surface area contributed by atoms with Gasteiger partial charge in [-0.3, -0.25) is 9.59 Å². The lowest BCUT2D eigenvalue weighted by Crippen LogP contribution is -2.35. The Bertz CT molecular complexity index is 1110. The van der Waals surface area contributed by atoms with Crippen LogP contribution in [-0.2, 0) is 11.2 Å². The van der Waals surface area contributed by atoms with Gasteiger partial charge >= 0.3 is 0 Å². The maximum absolute atomic E-state index is 12.4. The molecule has 3 rings (SSSR count). The van der Waals surface area contributed by atoms with Gasteiger partial charge in [0.1, 0.15) is 0 Å². The minimum absolute atomic E-state index is 0.131. The summed E-state index contributed by atoms with van der Waals surface area (Å²) >= 11 is 12.1. The fraction of sp³-hybridized carbons (Fsp3) is 0.261. The molecule has 31 heavy (non-hydrogen) atoms. The predicted molar refractivity (Wildman–Crippen MR) is 123 cm³/mol. The molecule has 0 bridgehead atoms. The largest absolute Gasteiger partial charge is 0.354 e. The number of aromatic nitrogens is 2. The number of halogens is 2. The topological polar surface area (TPSA) is 76.0 Å². The molecule has 1 aromatic heterocycles. The SMILES string of the molecule is Cc1ccc(-n2nc(C)c(CC(=O)NCCNC(=O)c3ccc(Cl)cc3)c2C)cc1Cl. The number of rotatable bonds is 7. The maximum Gasteiger partial charge on any atom is 0.251 e. The van der Waals surface area contributed by atoms with Crippen molar-refractivity contribution in [2.24, 2.45) is 0 Å². The molecular weight excluding hydrogens is 435 g/mol. The van der Waals surface area contributed by atoms with Crippen LogP contribution in [0.5, 0.6) is 0 Å². The number of carbonyl (C=O) groups is 2. The molecule has 2 N–H and O–H groups in total. The summed E-state index contributed by atoms with van der Waals surface area (Å²) in [5, 5.41) is 11.4. The van der Waals surface area contributed by atoms with Crippen molar-refractivity contribution in [1.29, 1.82) is 0 Å². The minimum Gasteiger partial charge on any atom is -0.354 e. The van der Waals surface area contributed by atoms with Crippen molar-refractivity contribution in [2.75, 3.05) is 13.1 Å². The lowest BCUT2D eigenvalue weighted by molar-refractivity contribution is -0.120. The quantitative estimate of drug-likeness (QED) is 0.521. The smallest absolute Gasteiger partial charge is 0.251 e. The lowest BCUT2D eigenvalue weighted by atomic mass is 10.1. The van der Waals surface area contributed by atoms with Crippen molar-refractivity contribution in [3.63, 3.8) is 0 Å². The number of amides is 2. The summed E-state index contributed by atoms with van der Waals surface area (Å²) in [5.74, 6) is -0.343. The molecule has 8 heteroatoms. The van der Waals surface area contributed by atoms with Gasteiger partial charge in [-0.15, -0.1) is 0 Å². The molecule has 0 aliphatic heterocycles. The Kier molecular flexibility index (Phi) is 7.36. The van der Waals surface area contributed by atoms with Gasteiger partial charge in [-0.05, 0) is 62.7 Å². The monoisotopic (exact) mass is 458 g/mol. The van der Waals surface area contributed by atoms with Gasteiger partial charge in [0.15, 0.2) is 0 Å². The summed E-state index contributed by atoms with van der Waals surface area (Å²) in [7, 11) is 0. The van der Waals surface area contributed by atoms with E-state index in [1.807, 2.05) is 39.0 Å². The zero-order chi connectivity index (χ0) is 22.5. The van der Waals surface area contributed by atoms with Crippen LogP contribution >= 0.6 is 23.2 Å². The van der Waals surface area contributed by atoms with Crippen LogP contribution in [0.25, 0.3) is 5.69 Å². The third-order valence-corrected chi connectivity index (χ3v) is 5.68. The highest BCUT2D eigenvalue weighted by molar-refractivity contribution is 6.31. The van der Waals surface area contributed by atoms with Gasteiger partial charge in [0, 0.05) is 40.0 Å². The standard InChI is InChI=1S/C23H24Cl2N4O2/c1-14-4-9-19(12-21(14)25)29-16(3)20(15(2)28-29)13-22(30)26-10-11-27-23(31)17-5-7-18(24)8-6-17/h4-9,12H,10-11,13H2,1-3H3,(H,26,30)(H,27,31). The predicted octanol–water partition coefficient (Wildman–Crippen LogP) is 4.19. The van der Waals surface area contributed by atoms with E-state index in [-0.39, 0.29) is 18.2 Å². The average Bonchev–Trinajstić information content (AvgIpc) is 3.02. The minimum atomic E-state index is -0.212. The molecule has 0 spiro atoms. The second kappa shape index (κ2) is 9.98. The summed E-state index contributed by atoms with van der Waals surface area (Å²) in [5.41, 5.74) is 4.93. The molecule has 3 aromatic rings. The number of aryl methyl sites for hydroxylation is 2. The van der Waals surface area contributed by atoms with E-state index < -0.39 is 0 Å². The maximum atomic E-state index is 12.4. The summed E-state index contributed by atoms with van der Waals surface area (Å²) in [6.07, 6.45) is 0.211. The Morgan fingerprint density at radius 1 is 0.968 bits per heavy atom. The molecule has 0 aliphatic carbocycles. The highest BCUT2D eigenvalue weighted by Gasteiger charge is 2.16. The van der Waals surface area contributed by atoms with Gasteiger partial charge in [-0.25, -0.2) is 4.68 Å². The van der Waals surface area contributed by atoms with Crippen molar-refractivity contribution in [3.05, 3.63) is 80.6 Å². The molecule has 2 aromatic carbocycles. The zero-order valence-electron chi connectivity index (χ0n) is 17.6. The average molecular weight is 459 g/mol. The number of carbonyl (C=O) groups excluding carboxylic acids is 2. The van der Waals surface area contributed by atoms with Crippen LogP contribution in [0.2, 0.25) is 10.0 Å². The first-order valence-corrected chi connectivity index (χ1v) is 10.6. The number of hydrogen-bond acceptors (Lipinski definition) is 3. The molecule has 0 fully saturated rings. The summed E-state index contributed by atoms with van der Waals surface area (Å²) < 4.78 is 1.80. The van der Waals surface area contributed by atoms with Gasteiger partial charge in [0.25, 0.3) is 5.91 Å². The first-order valence-electron chi connectivity index (χ1n) is 9.88. The molecule has 1 heterocycles. The highest BCUT2D eigenvalue weighted by Crippen LogP contribution is 2.23. The fourth-order valence-electron chi connectivity index (χ4n) is 3.20. The van der Waals surface area contributed by atoms with E-state index in [9.17, 15) is 9.59 Å². The highest BCUT2D eigenvalue weighted by atomic mass is 35.5. The fourth-order valence-corrected chi connectivity index (χ4v) is 3.50. The van der Waals surface area contributed by atoms with E-state index in [1.165, 1.54) is 0 Å². The molecule has 6 nitrogen and oxygen atoms in total. The molecule has 2 amide bonds. The summed E-state index contributed by atoms with van der Waals surface area (Å²) in [6.45, 7) is 6.42.